The van der Waals surface area contributed by atoms with E-state index in [4.69, 9.17) is 9.15 Å². The number of rotatable bonds is 4. The van der Waals surface area contributed by atoms with Crippen molar-refractivity contribution in [3.63, 3.8) is 0 Å². The Labute approximate surface area is 128 Å². The minimum absolute atomic E-state index is 0.108. The summed E-state index contributed by atoms with van der Waals surface area (Å²) in [5.74, 6) is 1.71. The lowest BCUT2D eigenvalue weighted by molar-refractivity contribution is 0.415. The van der Waals surface area contributed by atoms with Crippen LogP contribution in [0.2, 0.25) is 0 Å². The molecule has 1 aromatic heterocycles. The second-order valence-electron chi connectivity index (χ2n) is 5.72. The second-order valence-corrected chi connectivity index (χ2v) is 6.51. The van der Waals surface area contributed by atoms with Gasteiger partial charge in [0.1, 0.15) is 11.5 Å². The molecule has 4 heteroatoms. The third-order valence-corrected chi connectivity index (χ3v) is 3.57. The van der Waals surface area contributed by atoms with Gasteiger partial charge in [0, 0.05) is 0 Å². The predicted octanol–water partition coefficient (Wildman–Crippen LogP) is 4.96. The van der Waals surface area contributed by atoms with Gasteiger partial charge in [0.05, 0.1) is 19.3 Å². The molecule has 0 amide bonds. The van der Waals surface area contributed by atoms with Gasteiger partial charge in [-0.1, -0.05) is 26.8 Å². The lowest BCUT2D eigenvalue weighted by atomic mass is 9.87. The van der Waals surface area contributed by atoms with Gasteiger partial charge in [0.25, 0.3) is 0 Å². The first-order chi connectivity index (χ1) is 9.40. The Morgan fingerprint density at radius 3 is 2.50 bits per heavy atom. The van der Waals surface area contributed by atoms with E-state index in [1.54, 1.807) is 7.11 Å². The number of anilines is 1. The van der Waals surface area contributed by atoms with E-state index in [2.05, 4.69) is 54.2 Å². The fraction of sp³-hybridized carbons (Fsp3) is 0.375. The van der Waals surface area contributed by atoms with Crippen molar-refractivity contribution in [3.8, 4) is 5.75 Å². The van der Waals surface area contributed by atoms with Crippen molar-refractivity contribution in [1.29, 1.82) is 0 Å². The molecular weight excluding hydrogens is 318 g/mol. The summed E-state index contributed by atoms with van der Waals surface area (Å²) in [6.07, 6.45) is 0. The van der Waals surface area contributed by atoms with Crippen molar-refractivity contribution in [1.82, 2.24) is 0 Å². The van der Waals surface area contributed by atoms with E-state index >= 15 is 0 Å². The molecule has 0 spiro atoms. The summed E-state index contributed by atoms with van der Waals surface area (Å²) in [7, 11) is 1.68. The van der Waals surface area contributed by atoms with E-state index in [9.17, 15) is 0 Å². The van der Waals surface area contributed by atoms with Crippen LogP contribution in [0, 0.1) is 0 Å². The van der Waals surface area contributed by atoms with Gasteiger partial charge in [-0.15, -0.1) is 0 Å². The number of methoxy groups -OCH3 is 1. The second kappa shape index (κ2) is 5.92. The minimum Gasteiger partial charge on any atom is -0.495 e. The lowest BCUT2D eigenvalue weighted by Crippen LogP contribution is -2.12. The number of halogens is 1. The number of benzene rings is 1. The van der Waals surface area contributed by atoms with Gasteiger partial charge < -0.3 is 14.5 Å². The third-order valence-electron chi connectivity index (χ3n) is 3.15. The van der Waals surface area contributed by atoms with E-state index in [1.807, 2.05) is 18.2 Å². The van der Waals surface area contributed by atoms with Crippen molar-refractivity contribution in [2.24, 2.45) is 0 Å². The number of furan rings is 1. The predicted molar refractivity (Wildman–Crippen MR) is 85.4 cm³/mol. The Hall–Kier alpha value is -1.42. The fourth-order valence-electron chi connectivity index (χ4n) is 1.94. The van der Waals surface area contributed by atoms with Gasteiger partial charge in [-0.3, -0.25) is 0 Å². The standard InChI is InChI=1S/C16H20BrNO2/c1-16(2,3)11-5-7-14(19-4)13(9-11)18-10-12-6-8-15(17)20-12/h5-9,18H,10H2,1-4H3. The molecule has 0 aliphatic carbocycles. The first kappa shape index (κ1) is 15.0. The van der Waals surface area contributed by atoms with Crippen LogP contribution in [0.1, 0.15) is 32.1 Å². The molecule has 2 aromatic rings. The normalized spacial score (nSPS) is 11.4. The van der Waals surface area contributed by atoms with Crippen molar-refractivity contribution in [3.05, 3.63) is 46.3 Å². The van der Waals surface area contributed by atoms with Crippen molar-refractivity contribution in [2.45, 2.75) is 32.7 Å². The summed E-state index contributed by atoms with van der Waals surface area (Å²) < 4.78 is 11.6. The zero-order valence-electron chi connectivity index (χ0n) is 12.3. The topological polar surface area (TPSA) is 34.4 Å². The number of hydrogen-bond donors (Lipinski definition) is 1. The molecule has 1 heterocycles. The number of ether oxygens (including phenoxy) is 1. The van der Waals surface area contributed by atoms with Crippen molar-refractivity contribution < 1.29 is 9.15 Å². The maximum atomic E-state index is 5.49. The third kappa shape index (κ3) is 3.57. The summed E-state index contributed by atoms with van der Waals surface area (Å²) in [5, 5.41) is 3.37. The Morgan fingerprint density at radius 1 is 1.20 bits per heavy atom. The Balaban J connectivity index is 2.20. The Kier molecular flexibility index (Phi) is 4.43. The average Bonchev–Trinajstić information content (AvgIpc) is 2.80. The molecule has 2 rings (SSSR count). The van der Waals surface area contributed by atoms with Crippen LogP contribution in [-0.2, 0) is 12.0 Å². The van der Waals surface area contributed by atoms with Crippen LogP contribution in [0.4, 0.5) is 5.69 Å². The van der Waals surface area contributed by atoms with Gasteiger partial charge >= 0.3 is 0 Å². The fourth-order valence-corrected chi connectivity index (χ4v) is 2.28. The highest BCUT2D eigenvalue weighted by atomic mass is 79.9. The summed E-state index contributed by atoms with van der Waals surface area (Å²) in [6.45, 7) is 7.21. The van der Waals surface area contributed by atoms with Crippen molar-refractivity contribution >= 4 is 21.6 Å². The van der Waals surface area contributed by atoms with Gasteiger partial charge in [0.15, 0.2) is 4.67 Å². The van der Waals surface area contributed by atoms with E-state index in [0.717, 1.165) is 21.9 Å². The maximum Gasteiger partial charge on any atom is 0.169 e. The maximum absolute atomic E-state index is 5.49. The van der Waals surface area contributed by atoms with Crippen LogP contribution in [-0.4, -0.2) is 7.11 Å². The van der Waals surface area contributed by atoms with E-state index in [1.165, 1.54) is 5.56 Å². The summed E-state index contributed by atoms with van der Waals surface area (Å²) in [4.78, 5) is 0. The lowest BCUT2D eigenvalue weighted by Gasteiger charge is -2.21. The van der Waals surface area contributed by atoms with Crippen LogP contribution in [0.5, 0.6) is 5.75 Å². The van der Waals surface area contributed by atoms with Crippen LogP contribution >= 0.6 is 15.9 Å². The molecule has 1 N–H and O–H groups in total. The van der Waals surface area contributed by atoms with E-state index in [-0.39, 0.29) is 5.41 Å². The molecule has 1 aromatic carbocycles. The molecule has 108 valence electrons. The molecule has 0 aliphatic rings. The van der Waals surface area contributed by atoms with Crippen LogP contribution in [0.3, 0.4) is 0 Å². The van der Waals surface area contributed by atoms with Crippen LogP contribution in [0.25, 0.3) is 0 Å². The van der Waals surface area contributed by atoms with E-state index in [0.29, 0.717) is 6.54 Å². The molecule has 0 bridgehead atoms. The Morgan fingerprint density at radius 2 is 1.95 bits per heavy atom. The van der Waals surface area contributed by atoms with Gasteiger partial charge in [0.2, 0.25) is 0 Å². The summed E-state index contributed by atoms with van der Waals surface area (Å²) >= 11 is 3.31. The minimum atomic E-state index is 0.108. The molecule has 0 saturated heterocycles. The SMILES string of the molecule is COc1ccc(C(C)(C)C)cc1NCc1ccc(Br)o1. The molecular formula is C16H20BrNO2. The quantitative estimate of drug-likeness (QED) is 0.856. The zero-order valence-corrected chi connectivity index (χ0v) is 13.9. The van der Waals surface area contributed by atoms with Gasteiger partial charge in [-0.25, -0.2) is 0 Å². The highest BCUT2D eigenvalue weighted by molar-refractivity contribution is 9.10. The molecule has 0 fully saturated rings. The zero-order chi connectivity index (χ0) is 14.8. The Bertz CT molecular complexity index is 584. The molecule has 20 heavy (non-hydrogen) atoms. The molecule has 3 nitrogen and oxygen atoms in total. The molecule has 0 atom stereocenters. The first-order valence-electron chi connectivity index (χ1n) is 6.57. The largest absolute Gasteiger partial charge is 0.495 e. The highest BCUT2D eigenvalue weighted by Crippen LogP contribution is 2.31. The molecule has 0 aliphatic heterocycles. The highest BCUT2D eigenvalue weighted by Gasteiger charge is 2.16. The van der Waals surface area contributed by atoms with Crippen molar-refractivity contribution in [2.75, 3.05) is 12.4 Å². The summed E-state index contributed by atoms with van der Waals surface area (Å²) in [5.41, 5.74) is 2.35. The number of hydrogen-bond acceptors (Lipinski definition) is 3. The molecule has 0 saturated carbocycles. The average molecular weight is 338 g/mol. The molecule has 0 unspecified atom stereocenters. The van der Waals surface area contributed by atoms with E-state index < -0.39 is 0 Å². The number of nitrogens with one attached hydrogen (secondary N) is 1. The first-order valence-corrected chi connectivity index (χ1v) is 7.36. The smallest absolute Gasteiger partial charge is 0.169 e. The summed E-state index contributed by atoms with van der Waals surface area (Å²) in [6, 6.07) is 10.1. The van der Waals surface area contributed by atoms with Gasteiger partial charge in [-0.2, -0.15) is 0 Å². The van der Waals surface area contributed by atoms with Crippen LogP contribution in [0.15, 0.2) is 39.4 Å². The van der Waals surface area contributed by atoms with Gasteiger partial charge in [-0.05, 0) is 51.2 Å². The monoisotopic (exact) mass is 337 g/mol. The van der Waals surface area contributed by atoms with Crippen LogP contribution < -0.4 is 10.1 Å². The molecule has 0 radical (unpaired) electrons.